The molecular weight excluding hydrogens is 315 g/mol. The van der Waals surface area contributed by atoms with Crippen LogP contribution in [0.3, 0.4) is 0 Å². The molecule has 5 nitrogen and oxygen atoms in total. The molecule has 20 heavy (non-hydrogen) atoms. The summed E-state index contributed by atoms with van der Waals surface area (Å²) in [6, 6.07) is 4.38. The number of hydrogen-bond acceptors (Lipinski definition) is 5. The Bertz CT molecular complexity index is 685. The van der Waals surface area contributed by atoms with Crippen molar-refractivity contribution in [3.05, 3.63) is 34.7 Å². The van der Waals surface area contributed by atoms with E-state index < -0.39 is 6.29 Å². The number of halogens is 4. The largest absolute Gasteiger partial charge is 0.586 e. The Kier molecular flexibility index (Phi) is 3.02. The first-order valence-electron chi connectivity index (χ1n) is 5.28. The summed E-state index contributed by atoms with van der Waals surface area (Å²) in [6.07, 6.45) is -2.42. The van der Waals surface area contributed by atoms with Crippen molar-refractivity contribution in [1.82, 2.24) is 9.97 Å². The van der Waals surface area contributed by atoms with E-state index in [0.717, 1.165) is 0 Å². The van der Waals surface area contributed by atoms with Gasteiger partial charge in [-0.25, -0.2) is 4.98 Å². The Labute approximate surface area is 121 Å². The standard InChI is InChI=1S/C11H5Cl2F2N3O2/c12-5-4-16-10(13)18-9(5)17-6-2-1-3-7-8(6)20-11(14,15)19-7/h1-4H,(H,16,17,18). The third-order valence-corrected chi connectivity index (χ3v) is 2.86. The monoisotopic (exact) mass is 319 g/mol. The molecule has 0 unspecified atom stereocenters. The van der Waals surface area contributed by atoms with Gasteiger partial charge in [-0.1, -0.05) is 17.7 Å². The normalized spacial score (nSPS) is 15.2. The molecule has 9 heteroatoms. The third kappa shape index (κ3) is 2.41. The van der Waals surface area contributed by atoms with Crippen LogP contribution >= 0.6 is 23.2 Å². The van der Waals surface area contributed by atoms with E-state index in [-0.39, 0.29) is 33.3 Å². The molecule has 1 aliphatic heterocycles. The molecule has 1 N–H and O–H groups in total. The number of rotatable bonds is 2. The summed E-state index contributed by atoms with van der Waals surface area (Å²) in [6.45, 7) is 0. The van der Waals surface area contributed by atoms with E-state index in [4.69, 9.17) is 23.2 Å². The Morgan fingerprint density at radius 2 is 2.00 bits per heavy atom. The molecule has 0 fully saturated rings. The fourth-order valence-corrected chi connectivity index (χ4v) is 1.90. The zero-order chi connectivity index (χ0) is 14.3. The van der Waals surface area contributed by atoms with Crippen LogP contribution in [0.1, 0.15) is 0 Å². The van der Waals surface area contributed by atoms with Crippen LogP contribution in [0.2, 0.25) is 10.3 Å². The van der Waals surface area contributed by atoms with Crippen molar-refractivity contribution in [2.24, 2.45) is 0 Å². The van der Waals surface area contributed by atoms with Gasteiger partial charge in [0.2, 0.25) is 5.28 Å². The van der Waals surface area contributed by atoms with E-state index >= 15 is 0 Å². The maximum atomic E-state index is 13.1. The average Bonchev–Trinajstić information content (AvgIpc) is 2.69. The van der Waals surface area contributed by atoms with Crippen molar-refractivity contribution < 1.29 is 18.3 Å². The number of benzene rings is 1. The van der Waals surface area contributed by atoms with Crippen LogP contribution in [-0.4, -0.2) is 16.3 Å². The number of para-hydroxylation sites is 1. The van der Waals surface area contributed by atoms with Gasteiger partial charge in [-0.2, -0.15) is 4.98 Å². The van der Waals surface area contributed by atoms with Crippen molar-refractivity contribution in [3.63, 3.8) is 0 Å². The van der Waals surface area contributed by atoms with Gasteiger partial charge < -0.3 is 14.8 Å². The van der Waals surface area contributed by atoms with Gasteiger partial charge in [-0.05, 0) is 23.7 Å². The Hall–Kier alpha value is -1.86. The van der Waals surface area contributed by atoms with Gasteiger partial charge in [-0.3, -0.25) is 0 Å². The fraction of sp³-hybridized carbons (Fsp3) is 0.0909. The minimum Gasteiger partial charge on any atom is -0.395 e. The summed E-state index contributed by atoms with van der Waals surface area (Å²) in [4.78, 5) is 7.54. The van der Waals surface area contributed by atoms with Crippen LogP contribution in [0.5, 0.6) is 11.5 Å². The van der Waals surface area contributed by atoms with Crippen LogP contribution in [0.4, 0.5) is 20.3 Å². The van der Waals surface area contributed by atoms with Crippen LogP contribution in [0.15, 0.2) is 24.4 Å². The Morgan fingerprint density at radius 1 is 1.20 bits per heavy atom. The van der Waals surface area contributed by atoms with E-state index in [2.05, 4.69) is 24.8 Å². The molecule has 0 bridgehead atoms. The molecule has 0 aliphatic carbocycles. The number of fused-ring (bicyclic) bond motifs is 1. The van der Waals surface area contributed by atoms with Crippen LogP contribution in [-0.2, 0) is 0 Å². The van der Waals surface area contributed by atoms with Gasteiger partial charge in [0.15, 0.2) is 17.3 Å². The van der Waals surface area contributed by atoms with Gasteiger partial charge in [-0.15, -0.1) is 8.78 Å². The van der Waals surface area contributed by atoms with Crippen LogP contribution in [0.25, 0.3) is 0 Å². The highest BCUT2D eigenvalue weighted by Crippen LogP contribution is 2.46. The van der Waals surface area contributed by atoms with Gasteiger partial charge in [0.05, 0.1) is 11.9 Å². The molecule has 104 valence electrons. The molecule has 0 saturated heterocycles. The quantitative estimate of drug-likeness (QED) is 0.852. The number of nitrogens with zero attached hydrogens (tertiary/aromatic N) is 2. The lowest BCUT2D eigenvalue weighted by Gasteiger charge is -2.10. The number of hydrogen-bond donors (Lipinski definition) is 1. The smallest absolute Gasteiger partial charge is 0.395 e. The molecule has 1 aromatic carbocycles. The van der Waals surface area contributed by atoms with E-state index in [1.54, 1.807) is 0 Å². The van der Waals surface area contributed by atoms with E-state index in [1.165, 1.54) is 24.4 Å². The second-order valence-electron chi connectivity index (χ2n) is 3.76. The lowest BCUT2D eigenvalue weighted by atomic mass is 10.2. The summed E-state index contributed by atoms with van der Waals surface area (Å²) in [5.74, 6) is -0.0570. The van der Waals surface area contributed by atoms with Gasteiger partial charge in [0, 0.05) is 0 Å². The first-order valence-corrected chi connectivity index (χ1v) is 6.04. The zero-order valence-corrected chi connectivity index (χ0v) is 11.0. The molecular formula is C11H5Cl2F2N3O2. The lowest BCUT2D eigenvalue weighted by molar-refractivity contribution is -0.286. The van der Waals surface area contributed by atoms with Gasteiger partial charge in [0.25, 0.3) is 0 Å². The molecule has 0 atom stereocenters. The highest BCUT2D eigenvalue weighted by molar-refractivity contribution is 6.33. The summed E-state index contributed by atoms with van der Waals surface area (Å²) >= 11 is 11.5. The fourth-order valence-electron chi connectivity index (χ4n) is 1.63. The number of nitrogens with one attached hydrogen (secondary N) is 1. The van der Waals surface area contributed by atoms with Gasteiger partial charge in [0.1, 0.15) is 5.02 Å². The van der Waals surface area contributed by atoms with Crippen molar-refractivity contribution in [1.29, 1.82) is 0 Å². The maximum absolute atomic E-state index is 13.1. The molecule has 0 radical (unpaired) electrons. The van der Waals surface area contributed by atoms with Gasteiger partial charge >= 0.3 is 6.29 Å². The SMILES string of the molecule is FC1(F)Oc2cccc(Nc3nc(Cl)ncc3Cl)c2O1. The predicted molar refractivity (Wildman–Crippen MR) is 68.0 cm³/mol. The minimum atomic E-state index is -3.70. The summed E-state index contributed by atoms with van der Waals surface area (Å²) < 4.78 is 34.9. The molecule has 2 aromatic rings. The maximum Gasteiger partial charge on any atom is 0.586 e. The second-order valence-corrected chi connectivity index (χ2v) is 4.51. The van der Waals surface area contributed by atoms with Crippen LogP contribution in [0, 0.1) is 0 Å². The van der Waals surface area contributed by atoms with E-state index in [0.29, 0.717) is 0 Å². The van der Waals surface area contributed by atoms with Crippen molar-refractivity contribution >= 4 is 34.7 Å². The molecule has 1 aliphatic rings. The Morgan fingerprint density at radius 3 is 2.80 bits per heavy atom. The predicted octanol–water partition coefficient (Wildman–Crippen LogP) is 3.85. The first-order chi connectivity index (χ1) is 9.44. The van der Waals surface area contributed by atoms with Crippen LogP contribution < -0.4 is 14.8 Å². The lowest BCUT2D eigenvalue weighted by Crippen LogP contribution is -2.26. The molecule has 0 saturated carbocycles. The number of alkyl halides is 2. The van der Waals surface area contributed by atoms with Crippen molar-refractivity contribution in [2.45, 2.75) is 6.29 Å². The molecule has 0 amide bonds. The van der Waals surface area contributed by atoms with Crippen molar-refractivity contribution in [3.8, 4) is 11.5 Å². The zero-order valence-electron chi connectivity index (χ0n) is 9.53. The average molecular weight is 320 g/mol. The molecule has 2 heterocycles. The van der Waals surface area contributed by atoms with Crippen molar-refractivity contribution in [2.75, 3.05) is 5.32 Å². The third-order valence-electron chi connectivity index (χ3n) is 2.40. The summed E-state index contributed by atoms with van der Waals surface area (Å²) in [5, 5.41) is 2.89. The van der Waals surface area contributed by atoms with E-state index in [9.17, 15) is 8.78 Å². The second kappa shape index (κ2) is 4.60. The number of anilines is 2. The highest BCUT2D eigenvalue weighted by atomic mass is 35.5. The highest BCUT2D eigenvalue weighted by Gasteiger charge is 2.44. The number of aromatic nitrogens is 2. The summed E-state index contributed by atoms with van der Waals surface area (Å²) in [7, 11) is 0. The van der Waals surface area contributed by atoms with E-state index in [1.807, 2.05) is 0 Å². The minimum absolute atomic E-state index is 0.0352. The summed E-state index contributed by atoms with van der Waals surface area (Å²) in [5.41, 5.74) is 0.219. The topological polar surface area (TPSA) is 56.3 Å². The first kappa shape index (κ1) is 13.1. The number of ether oxygens (including phenoxy) is 2. The molecule has 3 rings (SSSR count). The molecule has 0 spiro atoms. The Balaban J connectivity index is 1.97. The molecule has 1 aromatic heterocycles.